The summed E-state index contributed by atoms with van der Waals surface area (Å²) in [6.45, 7) is 2.63. The van der Waals surface area contributed by atoms with E-state index >= 15 is 0 Å². The minimum Gasteiger partial charge on any atom is -0.354 e. The fraction of sp³-hybridized carbons (Fsp3) is 0.250. The number of nitrogens with one attached hydrogen (secondary N) is 3. The van der Waals surface area contributed by atoms with Gasteiger partial charge in [-0.2, -0.15) is 0 Å². The van der Waals surface area contributed by atoms with Crippen molar-refractivity contribution in [3.8, 4) is 22.5 Å². The van der Waals surface area contributed by atoms with E-state index in [1.54, 1.807) is 12.1 Å². The summed E-state index contributed by atoms with van der Waals surface area (Å²) in [6, 6.07) is 16.1. The number of H-pyrrole nitrogens is 1. The predicted octanol–water partition coefficient (Wildman–Crippen LogP) is 3.73. The maximum absolute atomic E-state index is 13.3. The molecule has 1 unspecified atom stereocenters. The second kappa shape index (κ2) is 8.53. The van der Waals surface area contributed by atoms with Crippen LogP contribution in [-0.4, -0.2) is 29.4 Å². The maximum Gasteiger partial charge on any atom is 0.242 e. The van der Waals surface area contributed by atoms with Gasteiger partial charge in [0, 0.05) is 24.4 Å². The van der Waals surface area contributed by atoms with E-state index in [-0.39, 0.29) is 24.1 Å². The summed E-state index contributed by atoms with van der Waals surface area (Å²) in [5.41, 5.74) is 5.88. The lowest BCUT2D eigenvalue weighted by atomic mass is 10.0. The lowest BCUT2D eigenvalue weighted by Crippen LogP contribution is -2.40. The van der Waals surface area contributed by atoms with Crippen LogP contribution in [0, 0.1) is 12.7 Å². The molecule has 6 heteroatoms. The molecule has 0 spiro atoms. The molecule has 0 bridgehead atoms. The first-order valence-electron chi connectivity index (χ1n) is 10.1. The second-order valence-electron chi connectivity index (χ2n) is 7.66. The van der Waals surface area contributed by atoms with E-state index in [2.05, 4.69) is 21.7 Å². The number of amides is 2. The van der Waals surface area contributed by atoms with Gasteiger partial charge >= 0.3 is 0 Å². The van der Waals surface area contributed by atoms with Crippen LogP contribution in [0.5, 0.6) is 0 Å². The van der Waals surface area contributed by atoms with Gasteiger partial charge < -0.3 is 15.6 Å². The molecule has 0 radical (unpaired) electrons. The van der Waals surface area contributed by atoms with Crippen molar-refractivity contribution >= 4 is 11.8 Å². The van der Waals surface area contributed by atoms with Gasteiger partial charge in [-0.15, -0.1) is 0 Å². The van der Waals surface area contributed by atoms with Crippen molar-refractivity contribution in [1.82, 2.24) is 15.6 Å². The van der Waals surface area contributed by atoms with Crippen molar-refractivity contribution in [3.63, 3.8) is 0 Å². The van der Waals surface area contributed by atoms with E-state index in [0.29, 0.717) is 19.4 Å². The monoisotopic (exact) mass is 405 g/mol. The highest BCUT2D eigenvalue weighted by atomic mass is 19.1. The number of aryl methyl sites for hydroxylation is 2. The smallest absolute Gasteiger partial charge is 0.242 e. The molecule has 5 nitrogen and oxygen atoms in total. The first-order chi connectivity index (χ1) is 14.5. The van der Waals surface area contributed by atoms with Gasteiger partial charge in [0.25, 0.3) is 0 Å². The summed E-state index contributed by atoms with van der Waals surface area (Å²) in [5, 5.41) is 5.53. The third-order valence-corrected chi connectivity index (χ3v) is 5.37. The zero-order valence-corrected chi connectivity index (χ0v) is 16.8. The van der Waals surface area contributed by atoms with Gasteiger partial charge in [0.1, 0.15) is 11.9 Å². The number of aromatic amines is 1. The number of hydrogen-bond acceptors (Lipinski definition) is 2. The van der Waals surface area contributed by atoms with Gasteiger partial charge in [-0.1, -0.05) is 23.8 Å². The van der Waals surface area contributed by atoms with E-state index in [1.807, 2.05) is 31.2 Å². The molecular formula is C24H24FN3O2. The normalized spacial score (nSPS) is 15.8. The second-order valence-corrected chi connectivity index (χ2v) is 7.66. The first-order valence-corrected chi connectivity index (χ1v) is 10.1. The predicted molar refractivity (Wildman–Crippen MR) is 114 cm³/mol. The van der Waals surface area contributed by atoms with Gasteiger partial charge in [-0.25, -0.2) is 4.39 Å². The zero-order chi connectivity index (χ0) is 21.1. The van der Waals surface area contributed by atoms with Gasteiger partial charge in [-0.3, -0.25) is 9.59 Å². The molecule has 1 aliphatic rings. The molecule has 2 heterocycles. The molecule has 3 N–H and O–H groups in total. The molecule has 1 fully saturated rings. The highest BCUT2D eigenvalue weighted by molar-refractivity contribution is 5.89. The summed E-state index contributed by atoms with van der Waals surface area (Å²) < 4.78 is 13.3. The van der Waals surface area contributed by atoms with Crippen LogP contribution >= 0.6 is 0 Å². The Labute approximate surface area is 174 Å². The minimum absolute atomic E-state index is 0.121. The van der Waals surface area contributed by atoms with Crippen LogP contribution in [0.15, 0.2) is 54.6 Å². The lowest BCUT2D eigenvalue weighted by Gasteiger charge is -2.10. The molecular weight excluding hydrogens is 381 g/mol. The summed E-state index contributed by atoms with van der Waals surface area (Å²) in [7, 11) is 0. The fourth-order valence-corrected chi connectivity index (χ4v) is 3.78. The number of rotatable bonds is 6. The van der Waals surface area contributed by atoms with Crippen LogP contribution < -0.4 is 10.6 Å². The number of benzene rings is 2. The summed E-state index contributed by atoms with van der Waals surface area (Å²) >= 11 is 0. The van der Waals surface area contributed by atoms with Crippen LogP contribution in [-0.2, 0) is 16.0 Å². The lowest BCUT2D eigenvalue weighted by molar-refractivity contribution is -0.127. The number of carbonyl (C=O) groups is 2. The molecule has 1 atom stereocenters. The van der Waals surface area contributed by atoms with Crippen molar-refractivity contribution in [2.75, 3.05) is 6.54 Å². The molecule has 154 valence electrons. The molecule has 0 saturated carbocycles. The topological polar surface area (TPSA) is 74.0 Å². The van der Waals surface area contributed by atoms with Crippen LogP contribution in [0.3, 0.4) is 0 Å². The highest BCUT2D eigenvalue weighted by Crippen LogP contribution is 2.30. The summed E-state index contributed by atoms with van der Waals surface area (Å²) in [6.07, 6.45) is 1.43. The molecule has 0 aliphatic carbocycles. The van der Waals surface area contributed by atoms with Crippen LogP contribution in [0.25, 0.3) is 22.5 Å². The Hall–Kier alpha value is -3.41. The standard InChI is InChI=1S/C24H24FN3O2/c1-15-3-2-4-17(13-15)23-18(7-10-22(29)27-20-11-12-26-24(20)30)14-21(28-23)16-5-8-19(25)9-6-16/h2-6,8-9,13-14,20,28H,7,10-12H2,1H3,(H,26,30)(H,27,29). The van der Waals surface area contributed by atoms with E-state index < -0.39 is 6.04 Å². The number of carbonyl (C=O) groups excluding carboxylic acids is 2. The molecule has 2 aromatic carbocycles. The average Bonchev–Trinajstić information content (AvgIpc) is 3.33. The van der Waals surface area contributed by atoms with Gasteiger partial charge in [0.2, 0.25) is 11.8 Å². The quantitative estimate of drug-likeness (QED) is 0.585. The Kier molecular flexibility index (Phi) is 5.65. The highest BCUT2D eigenvalue weighted by Gasteiger charge is 2.25. The van der Waals surface area contributed by atoms with Crippen LogP contribution in [0.2, 0.25) is 0 Å². The van der Waals surface area contributed by atoms with Crippen molar-refractivity contribution in [1.29, 1.82) is 0 Å². The molecule has 2 amide bonds. The minimum atomic E-state index is -0.435. The van der Waals surface area contributed by atoms with Crippen LogP contribution in [0.1, 0.15) is 24.0 Å². The largest absolute Gasteiger partial charge is 0.354 e. The first kappa shape index (κ1) is 19.9. The van der Waals surface area contributed by atoms with E-state index in [4.69, 9.17) is 0 Å². The Bertz CT molecular complexity index is 1070. The molecule has 1 aromatic heterocycles. The number of hydrogen-bond donors (Lipinski definition) is 3. The van der Waals surface area contributed by atoms with Gasteiger partial charge in [0.15, 0.2) is 0 Å². The molecule has 3 aromatic rings. The Balaban J connectivity index is 1.57. The average molecular weight is 405 g/mol. The van der Waals surface area contributed by atoms with Crippen LogP contribution in [0.4, 0.5) is 4.39 Å². The maximum atomic E-state index is 13.3. The Morgan fingerprint density at radius 2 is 1.93 bits per heavy atom. The molecule has 4 rings (SSSR count). The third kappa shape index (κ3) is 4.43. The van der Waals surface area contributed by atoms with Crippen molar-refractivity contribution < 1.29 is 14.0 Å². The van der Waals surface area contributed by atoms with Gasteiger partial charge in [0.05, 0.1) is 0 Å². The molecule has 30 heavy (non-hydrogen) atoms. The van der Waals surface area contributed by atoms with E-state index in [9.17, 15) is 14.0 Å². The van der Waals surface area contributed by atoms with Crippen molar-refractivity contribution in [2.45, 2.75) is 32.2 Å². The SMILES string of the molecule is Cc1cccc(-c2[nH]c(-c3ccc(F)cc3)cc2CCC(=O)NC2CCNC2=O)c1. The fourth-order valence-electron chi connectivity index (χ4n) is 3.78. The number of halogens is 1. The van der Waals surface area contributed by atoms with Gasteiger partial charge in [-0.05, 0) is 72.9 Å². The van der Waals surface area contributed by atoms with E-state index in [1.165, 1.54) is 12.1 Å². The third-order valence-electron chi connectivity index (χ3n) is 5.37. The van der Waals surface area contributed by atoms with Crippen molar-refractivity contribution in [3.05, 3.63) is 71.5 Å². The number of aromatic nitrogens is 1. The Morgan fingerprint density at radius 3 is 2.63 bits per heavy atom. The Morgan fingerprint density at radius 1 is 1.13 bits per heavy atom. The zero-order valence-electron chi connectivity index (χ0n) is 16.8. The molecule has 1 saturated heterocycles. The molecule has 1 aliphatic heterocycles. The van der Waals surface area contributed by atoms with Crippen molar-refractivity contribution in [2.24, 2.45) is 0 Å². The summed E-state index contributed by atoms with van der Waals surface area (Å²) in [5.74, 6) is -0.544. The van der Waals surface area contributed by atoms with E-state index in [0.717, 1.165) is 33.6 Å². The summed E-state index contributed by atoms with van der Waals surface area (Å²) in [4.78, 5) is 27.5.